The molecule has 0 saturated carbocycles. The third-order valence-electron chi connectivity index (χ3n) is 5.61. The van der Waals surface area contributed by atoms with Crippen LogP contribution in [0.15, 0.2) is 24.3 Å². The van der Waals surface area contributed by atoms with Gasteiger partial charge in [-0.2, -0.15) is 5.26 Å². The minimum atomic E-state index is -1.52. The van der Waals surface area contributed by atoms with E-state index >= 15 is 0 Å². The summed E-state index contributed by atoms with van der Waals surface area (Å²) in [5.74, 6) is -6.10. The molecule has 188 valence electrons. The number of pyridine rings is 1. The summed E-state index contributed by atoms with van der Waals surface area (Å²) in [6, 6.07) is 6.86. The first-order valence-electron chi connectivity index (χ1n) is 10.3. The van der Waals surface area contributed by atoms with E-state index in [2.05, 4.69) is 10.3 Å². The number of hydrogen-bond donors (Lipinski definition) is 4. The van der Waals surface area contributed by atoms with Gasteiger partial charge in [-0.25, -0.2) is 18.2 Å². The van der Waals surface area contributed by atoms with Gasteiger partial charge in [0.15, 0.2) is 11.6 Å². The van der Waals surface area contributed by atoms with Crippen molar-refractivity contribution in [2.24, 2.45) is 5.73 Å². The fourth-order valence-electron chi connectivity index (χ4n) is 3.76. The Morgan fingerprint density at radius 2 is 1.86 bits per heavy atom. The third-order valence-corrected chi connectivity index (χ3v) is 6.72. The first-order chi connectivity index (χ1) is 17.5. The number of primary amides is 1. The standard InChI is InChI=1S/C24H17F3N6O3S/c1-8-12(25)6-10(18(27)17(8)26)23(35)32-13-5-9(3-4-14(13)36-2)15-11(7-28)21(30)33-24-16(15)19(29)20(37-24)22(31)34/h3-6H,29H2,1-2H3,(H2,30,33)(H2,31,34)(H,32,35). The number of methoxy groups -OCH3 is 1. The second kappa shape index (κ2) is 9.32. The number of halogens is 3. The van der Waals surface area contributed by atoms with Gasteiger partial charge in [0, 0.05) is 16.5 Å². The molecular formula is C24H17F3N6O3S. The van der Waals surface area contributed by atoms with E-state index in [1.807, 2.05) is 6.07 Å². The van der Waals surface area contributed by atoms with Gasteiger partial charge in [-0.1, -0.05) is 6.07 Å². The van der Waals surface area contributed by atoms with Gasteiger partial charge in [-0.15, -0.1) is 11.3 Å². The summed E-state index contributed by atoms with van der Waals surface area (Å²) in [6.07, 6.45) is 0. The average Bonchev–Trinajstić information content (AvgIpc) is 3.19. The normalized spacial score (nSPS) is 10.8. The van der Waals surface area contributed by atoms with Crippen molar-refractivity contribution in [1.82, 2.24) is 4.98 Å². The second-order valence-corrected chi connectivity index (χ2v) is 8.78. The van der Waals surface area contributed by atoms with Crippen LogP contribution in [0.3, 0.4) is 0 Å². The summed E-state index contributed by atoms with van der Waals surface area (Å²) in [6.45, 7) is 1.04. The van der Waals surface area contributed by atoms with Crippen molar-refractivity contribution in [3.05, 3.63) is 63.3 Å². The topological polar surface area (TPSA) is 170 Å². The van der Waals surface area contributed by atoms with Gasteiger partial charge in [0.05, 0.1) is 24.0 Å². The number of thiophene rings is 1. The lowest BCUT2D eigenvalue weighted by molar-refractivity contribution is 0.100. The molecule has 2 aromatic heterocycles. The lowest BCUT2D eigenvalue weighted by atomic mass is 9.96. The van der Waals surface area contributed by atoms with E-state index in [1.165, 1.54) is 25.3 Å². The molecule has 4 rings (SSSR count). The number of fused-ring (bicyclic) bond motifs is 1. The summed E-state index contributed by atoms with van der Waals surface area (Å²) in [5.41, 5.74) is 16.5. The van der Waals surface area contributed by atoms with Crippen LogP contribution in [0.5, 0.6) is 5.75 Å². The molecule has 0 aliphatic heterocycles. The Morgan fingerprint density at radius 3 is 2.49 bits per heavy atom. The molecule has 0 unspecified atom stereocenters. The van der Waals surface area contributed by atoms with E-state index < -0.39 is 40.4 Å². The van der Waals surface area contributed by atoms with E-state index in [0.29, 0.717) is 6.07 Å². The van der Waals surface area contributed by atoms with Crippen LogP contribution in [0, 0.1) is 35.7 Å². The number of rotatable bonds is 5. The van der Waals surface area contributed by atoms with Crippen LogP contribution in [0.4, 0.5) is 30.4 Å². The Morgan fingerprint density at radius 1 is 1.16 bits per heavy atom. The highest BCUT2D eigenvalue weighted by atomic mass is 32.1. The van der Waals surface area contributed by atoms with Crippen LogP contribution in [-0.2, 0) is 0 Å². The third kappa shape index (κ3) is 4.13. The van der Waals surface area contributed by atoms with Crippen molar-refractivity contribution in [1.29, 1.82) is 5.26 Å². The molecule has 2 aromatic carbocycles. The summed E-state index contributed by atoms with van der Waals surface area (Å²) < 4.78 is 47.7. The number of aromatic nitrogens is 1. The number of nitrogen functional groups attached to an aromatic ring is 2. The molecule has 37 heavy (non-hydrogen) atoms. The Kier molecular flexibility index (Phi) is 6.37. The maximum Gasteiger partial charge on any atom is 0.260 e. The number of amides is 2. The molecule has 0 aliphatic rings. The molecule has 0 saturated heterocycles. The number of anilines is 3. The van der Waals surface area contributed by atoms with Crippen molar-refractivity contribution >= 4 is 50.6 Å². The number of benzene rings is 2. The molecule has 7 N–H and O–H groups in total. The second-order valence-electron chi connectivity index (χ2n) is 7.78. The Bertz CT molecular complexity index is 1680. The van der Waals surface area contributed by atoms with E-state index in [1.54, 1.807) is 0 Å². The Labute approximate surface area is 211 Å². The van der Waals surface area contributed by atoms with Crippen molar-refractivity contribution in [2.45, 2.75) is 6.92 Å². The van der Waals surface area contributed by atoms with Crippen LogP contribution in [0.2, 0.25) is 0 Å². The zero-order chi connectivity index (χ0) is 27.2. The Hall–Kier alpha value is -4.83. The Balaban J connectivity index is 1.91. The fraction of sp³-hybridized carbons (Fsp3) is 0.0833. The highest BCUT2D eigenvalue weighted by Crippen LogP contribution is 2.44. The smallest absolute Gasteiger partial charge is 0.260 e. The van der Waals surface area contributed by atoms with Crippen molar-refractivity contribution in [2.75, 3.05) is 23.9 Å². The quantitative estimate of drug-likeness (QED) is 0.284. The number of hydrogen-bond acceptors (Lipinski definition) is 8. The SMILES string of the molecule is COc1ccc(-c2c(C#N)c(N)nc3sc(C(N)=O)c(N)c23)cc1NC(=O)c1cc(F)c(C)c(F)c1F. The van der Waals surface area contributed by atoms with E-state index in [4.69, 9.17) is 21.9 Å². The van der Waals surface area contributed by atoms with Crippen LogP contribution in [-0.4, -0.2) is 23.9 Å². The molecule has 2 amide bonds. The van der Waals surface area contributed by atoms with Gasteiger partial charge in [0.2, 0.25) is 0 Å². The van der Waals surface area contributed by atoms with Crippen molar-refractivity contribution < 1.29 is 27.5 Å². The number of nitrogens with zero attached hydrogens (tertiary/aromatic N) is 2. The monoisotopic (exact) mass is 526 g/mol. The summed E-state index contributed by atoms with van der Waals surface area (Å²) in [7, 11) is 1.30. The van der Waals surface area contributed by atoms with Gasteiger partial charge in [0.25, 0.3) is 11.8 Å². The van der Waals surface area contributed by atoms with Crippen LogP contribution in [0.1, 0.15) is 31.2 Å². The first-order valence-corrected chi connectivity index (χ1v) is 11.2. The predicted molar refractivity (Wildman–Crippen MR) is 133 cm³/mol. The van der Waals surface area contributed by atoms with Gasteiger partial charge in [0.1, 0.15) is 38.7 Å². The molecule has 0 bridgehead atoms. The van der Waals surface area contributed by atoms with Gasteiger partial charge < -0.3 is 27.3 Å². The maximum absolute atomic E-state index is 14.4. The molecule has 4 aromatic rings. The van der Waals surface area contributed by atoms with E-state index in [-0.39, 0.29) is 54.7 Å². The summed E-state index contributed by atoms with van der Waals surface area (Å²) in [5, 5.41) is 12.4. The molecule has 0 radical (unpaired) electrons. The van der Waals surface area contributed by atoms with Gasteiger partial charge in [-0.3, -0.25) is 9.59 Å². The number of nitriles is 1. The maximum atomic E-state index is 14.4. The van der Waals surface area contributed by atoms with Crippen molar-refractivity contribution in [3.8, 4) is 22.9 Å². The number of nitrogens with two attached hydrogens (primary N) is 3. The van der Waals surface area contributed by atoms with Crippen LogP contribution < -0.4 is 27.3 Å². The number of ether oxygens (including phenoxy) is 1. The largest absolute Gasteiger partial charge is 0.495 e. The number of carbonyl (C=O) groups is 2. The van der Waals surface area contributed by atoms with E-state index in [0.717, 1.165) is 18.3 Å². The zero-order valence-corrected chi connectivity index (χ0v) is 20.0. The average molecular weight is 527 g/mol. The number of nitrogens with one attached hydrogen (secondary N) is 1. The molecule has 0 aliphatic carbocycles. The molecule has 13 heteroatoms. The van der Waals surface area contributed by atoms with E-state index in [9.17, 15) is 28.0 Å². The molecule has 0 spiro atoms. The summed E-state index contributed by atoms with van der Waals surface area (Å²) >= 11 is 0.892. The highest BCUT2D eigenvalue weighted by molar-refractivity contribution is 7.21. The zero-order valence-electron chi connectivity index (χ0n) is 19.2. The van der Waals surface area contributed by atoms with Crippen molar-refractivity contribution in [3.63, 3.8) is 0 Å². The van der Waals surface area contributed by atoms with Gasteiger partial charge >= 0.3 is 0 Å². The van der Waals surface area contributed by atoms with Crippen LogP contribution in [0.25, 0.3) is 21.3 Å². The minimum Gasteiger partial charge on any atom is -0.495 e. The minimum absolute atomic E-state index is 0.0131. The molecule has 9 nitrogen and oxygen atoms in total. The van der Waals surface area contributed by atoms with Gasteiger partial charge in [-0.05, 0) is 30.7 Å². The number of carbonyl (C=O) groups excluding carboxylic acids is 2. The first kappa shape index (κ1) is 25.3. The lowest BCUT2D eigenvalue weighted by Crippen LogP contribution is -2.16. The lowest BCUT2D eigenvalue weighted by Gasteiger charge is -2.15. The summed E-state index contributed by atoms with van der Waals surface area (Å²) in [4.78, 5) is 29.1. The molecule has 2 heterocycles. The van der Waals surface area contributed by atoms with Crippen LogP contribution >= 0.6 is 11.3 Å². The molecule has 0 fully saturated rings. The predicted octanol–water partition coefficient (Wildman–Crippen LogP) is 4.08. The molecular weight excluding hydrogens is 509 g/mol. The highest BCUT2D eigenvalue weighted by Gasteiger charge is 2.25. The fourth-order valence-corrected chi connectivity index (χ4v) is 4.72. The molecule has 0 atom stereocenters.